The van der Waals surface area contributed by atoms with Crippen LogP contribution < -0.4 is 0 Å². The minimum atomic E-state index is -0.870. The molecule has 2 atom stereocenters. The van der Waals surface area contributed by atoms with Gasteiger partial charge < -0.3 is 9.64 Å². The maximum absolute atomic E-state index is 14.5. The Morgan fingerprint density at radius 3 is 2.45 bits per heavy atom. The molecule has 1 aromatic heterocycles. The SMILES string of the molecule is CC(n1nnnc1CCN1CCN(Cc2ccccc2)CC1)C1(c2ccc(F)cc2F)CO1. The van der Waals surface area contributed by atoms with Crippen LogP contribution in [0.2, 0.25) is 0 Å². The maximum Gasteiger partial charge on any atom is 0.153 e. The van der Waals surface area contributed by atoms with E-state index in [2.05, 4.69) is 49.6 Å². The lowest BCUT2D eigenvalue weighted by Gasteiger charge is -2.34. The fourth-order valence-electron chi connectivity index (χ4n) is 4.68. The Labute approximate surface area is 191 Å². The normalized spacial score (nSPS) is 22.4. The van der Waals surface area contributed by atoms with Crippen LogP contribution in [0.1, 0.15) is 29.9 Å². The van der Waals surface area contributed by atoms with Crippen molar-refractivity contribution in [2.24, 2.45) is 0 Å². The van der Waals surface area contributed by atoms with E-state index in [9.17, 15) is 8.78 Å². The van der Waals surface area contributed by atoms with Gasteiger partial charge in [-0.15, -0.1) is 5.10 Å². The van der Waals surface area contributed by atoms with Crippen molar-refractivity contribution in [3.05, 3.63) is 77.1 Å². The summed E-state index contributed by atoms with van der Waals surface area (Å²) in [5.41, 5.74) is 0.811. The first-order valence-corrected chi connectivity index (χ1v) is 11.4. The van der Waals surface area contributed by atoms with E-state index in [-0.39, 0.29) is 6.04 Å². The number of epoxide rings is 1. The first-order valence-electron chi connectivity index (χ1n) is 11.4. The number of aromatic nitrogens is 4. The number of ether oxygens (including phenoxy) is 1. The molecule has 2 aromatic carbocycles. The molecular weight excluding hydrogens is 426 g/mol. The third kappa shape index (κ3) is 4.66. The number of hydrogen-bond acceptors (Lipinski definition) is 6. The highest BCUT2D eigenvalue weighted by molar-refractivity contribution is 5.30. The molecule has 174 valence electrons. The second-order valence-electron chi connectivity index (χ2n) is 8.87. The highest BCUT2D eigenvalue weighted by Crippen LogP contribution is 2.48. The van der Waals surface area contributed by atoms with Crippen LogP contribution in [0.4, 0.5) is 8.78 Å². The van der Waals surface area contributed by atoms with Crippen molar-refractivity contribution >= 4 is 0 Å². The van der Waals surface area contributed by atoms with Crippen LogP contribution in [0.5, 0.6) is 0 Å². The Bertz CT molecular complexity index is 1080. The number of tetrazole rings is 1. The topological polar surface area (TPSA) is 62.6 Å². The zero-order valence-corrected chi connectivity index (χ0v) is 18.7. The molecule has 2 saturated heterocycles. The summed E-state index contributed by atoms with van der Waals surface area (Å²) in [6.07, 6.45) is 0.692. The highest BCUT2D eigenvalue weighted by Gasteiger charge is 2.54. The Morgan fingerprint density at radius 2 is 1.76 bits per heavy atom. The average Bonchev–Trinajstić information content (AvgIpc) is 3.49. The van der Waals surface area contributed by atoms with E-state index in [1.54, 1.807) is 4.68 Å². The zero-order valence-electron chi connectivity index (χ0n) is 18.7. The van der Waals surface area contributed by atoms with Crippen molar-refractivity contribution in [2.75, 3.05) is 39.3 Å². The Balaban J connectivity index is 1.18. The molecule has 0 amide bonds. The van der Waals surface area contributed by atoms with Crippen LogP contribution in [0.15, 0.2) is 48.5 Å². The van der Waals surface area contributed by atoms with E-state index in [1.165, 1.54) is 17.7 Å². The van der Waals surface area contributed by atoms with Crippen LogP contribution in [0.3, 0.4) is 0 Å². The molecule has 2 aliphatic heterocycles. The average molecular weight is 455 g/mol. The van der Waals surface area contributed by atoms with E-state index in [0.29, 0.717) is 18.6 Å². The quantitative estimate of drug-likeness (QED) is 0.488. The maximum atomic E-state index is 14.5. The van der Waals surface area contributed by atoms with Crippen molar-refractivity contribution in [3.63, 3.8) is 0 Å². The van der Waals surface area contributed by atoms with Crippen molar-refractivity contribution in [1.29, 1.82) is 0 Å². The summed E-state index contributed by atoms with van der Waals surface area (Å²) in [5, 5.41) is 12.3. The summed E-state index contributed by atoms with van der Waals surface area (Å²) in [6.45, 7) is 8.14. The van der Waals surface area contributed by atoms with Crippen LogP contribution in [-0.4, -0.2) is 69.3 Å². The third-order valence-electron chi connectivity index (χ3n) is 6.81. The van der Waals surface area contributed by atoms with Crippen molar-refractivity contribution in [3.8, 4) is 0 Å². The zero-order chi connectivity index (χ0) is 22.8. The van der Waals surface area contributed by atoms with Crippen LogP contribution >= 0.6 is 0 Å². The van der Waals surface area contributed by atoms with Crippen LogP contribution in [0.25, 0.3) is 0 Å². The van der Waals surface area contributed by atoms with E-state index in [0.717, 1.165) is 51.2 Å². The summed E-state index contributed by atoms with van der Waals surface area (Å²) in [4.78, 5) is 4.90. The van der Waals surface area contributed by atoms with Gasteiger partial charge in [0.2, 0.25) is 0 Å². The predicted molar refractivity (Wildman–Crippen MR) is 118 cm³/mol. The minimum absolute atomic E-state index is 0.315. The highest BCUT2D eigenvalue weighted by atomic mass is 19.1. The fourth-order valence-corrected chi connectivity index (χ4v) is 4.68. The summed E-state index contributed by atoms with van der Waals surface area (Å²) in [6, 6.07) is 13.8. The van der Waals surface area contributed by atoms with Gasteiger partial charge in [0, 0.05) is 57.3 Å². The first kappa shape index (κ1) is 22.1. The molecule has 7 nitrogen and oxygen atoms in total. The largest absolute Gasteiger partial charge is 0.362 e. The predicted octanol–water partition coefficient (Wildman–Crippen LogP) is 2.80. The molecule has 2 aliphatic rings. The first-order chi connectivity index (χ1) is 16.0. The number of piperazine rings is 1. The van der Waals surface area contributed by atoms with E-state index < -0.39 is 17.2 Å². The van der Waals surface area contributed by atoms with Gasteiger partial charge in [-0.2, -0.15) is 0 Å². The molecule has 0 saturated carbocycles. The van der Waals surface area contributed by atoms with E-state index >= 15 is 0 Å². The molecule has 3 heterocycles. The molecule has 0 N–H and O–H groups in total. The molecule has 5 rings (SSSR count). The van der Waals surface area contributed by atoms with Gasteiger partial charge in [0.05, 0.1) is 12.6 Å². The van der Waals surface area contributed by atoms with E-state index in [1.807, 2.05) is 13.0 Å². The number of rotatable bonds is 8. The number of halogens is 2. The summed E-state index contributed by atoms with van der Waals surface area (Å²) >= 11 is 0. The van der Waals surface area contributed by atoms with Gasteiger partial charge in [-0.05, 0) is 29.0 Å². The molecular formula is C24H28F2N6O. The number of nitrogens with zero attached hydrogens (tertiary/aromatic N) is 6. The molecule has 2 unspecified atom stereocenters. The number of hydrogen-bond donors (Lipinski definition) is 0. The second-order valence-corrected chi connectivity index (χ2v) is 8.87. The van der Waals surface area contributed by atoms with Crippen LogP contribution in [0, 0.1) is 11.6 Å². The lowest BCUT2D eigenvalue weighted by atomic mass is 9.92. The van der Waals surface area contributed by atoms with Crippen molar-refractivity contribution in [1.82, 2.24) is 30.0 Å². The van der Waals surface area contributed by atoms with Gasteiger partial charge in [0.25, 0.3) is 0 Å². The number of benzene rings is 2. The molecule has 0 aliphatic carbocycles. The molecule has 0 bridgehead atoms. The fraction of sp³-hybridized carbons (Fsp3) is 0.458. The second kappa shape index (κ2) is 9.24. The van der Waals surface area contributed by atoms with Gasteiger partial charge >= 0.3 is 0 Å². The van der Waals surface area contributed by atoms with Gasteiger partial charge in [0.1, 0.15) is 17.2 Å². The lowest BCUT2D eigenvalue weighted by Crippen LogP contribution is -2.46. The van der Waals surface area contributed by atoms with Crippen molar-refractivity contribution in [2.45, 2.75) is 31.5 Å². The Kier molecular flexibility index (Phi) is 6.18. The Morgan fingerprint density at radius 1 is 1.03 bits per heavy atom. The van der Waals surface area contributed by atoms with Gasteiger partial charge in [-0.25, -0.2) is 13.5 Å². The van der Waals surface area contributed by atoms with Gasteiger partial charge in [-0.3, -0.25) is 4.90 Å². The Hall–Kier alpha value is -2.75. The minimum Gasteiger partial charge on any atom is -0.362 e. The monoisotopic (exact) mass is 454 g/mol. The summed E-state index contributed by atoms with van der Waals surface area (Å²) < 4.78 is 35.3. The molecule has 3 aromatic rings. The van der Waals surface area contributed by atoms with Gasteiger partial charge in [-0.1, -0.05) is 36.4 Å². The lowest BCUT2D eigenvalue weighted by molar-refractivity contribution is 0.127. The molecule has 2 fully saturated rings. The van der Waals surface area contributed by atoms with Crippen LogP contribution in [-0.2, 0) is 23.3 Å². The molecule has 9 heteroatoms. The third-order valence-corrected chi connectivity index (χ3v) is 6.81. The smallest absolute Gasteiger partial charge is 0.153 e. The standard InChI is InChI=1S/C24H28F2N6O/c1-18(24(17-33-24)21-8-7-20(25)15-22(21)26)32-23(27-28-29-32)9-10-30-11-13-31(14-12-30)16-19-5-3-2-4-6-19/h2-8,15,18H,9-14,16-17H2,1H3. The van der Waals surface area contributed by atoms with Gasteiger partial charge in [0.15, 0.2) is 5.82 Å². The van der Waals surface area contributed by atoms with E-state index in [4.69, 9.17) is 4.74 Å². The summed E-state index contributed by atoms with van der Waals surface area (Å²) in [5.74, 6) is -0.472. The summed E-state index contributed by atoms with van der Waals surface area (Å²) in [7, 11) is 0. The molecule has 0 spiro atoms. The molecule has 33 heavy (non-hydrogen) atoms. The van der Waals surface area contributed by atoms with Crippen molar-refractivity contribution < 1.29 is 13.5 Å². The molecule has 0 radical (unpaired) electrons.